The molecule has 1 saturated heterocycles. The molecule has 9 heteroatoms. The highest BCUT2D eigenvalue weighted by Gasteiger charge is 2.24. The number of halogens is 1. The maximum Gasteiger partial charge on any atom is 0.211 e. The van der Waals surface area contributed by atoms with E-state index in [9.17, 15) is 8.42 Å². The van der Waals surface area contributed by atoms with Crippen molar-refractivity contribution < 1.29 is 8.42 Å². The summed E-state index contributed by atoms with van der Waals surface area (Å²) in [6, 6.07) is 5.91. The van der Waals surface area contributed by atoms with Gasteiger partial charge in [-0.15, -0.1) is 11.3 Å². The number of rotatable bonds is 5. The Morgan fingerprint density at radius 3 is 2.96 bits per heavy atom. The van der Waals surface area contributed by atoms with Crippen molar-refractivity contribution in [3.05, 3.63) is 33.1 Å². The van der Waals surface area contributed by atoms with Crippen molar-refractivity contribution in [3.63, 3.8) is 0 Å². The average Bonchev–Trinajstić information content (AvgIpc) is 3.06. The van der Waals surface area contributed by atoms with Crippen LogP contribution in [0.2, 0.25) is 4.34 Å². The van der Waals surface area contributed by atoms with Gasteiger partial charge in [0.2, 0.25) is 10.0 Å². The zero-order valence-electron chi connectivity index (χ0n) is 13.5. The van der Waals surface area contributed by atoms with Crippen LogP contribution in [-0.2, 0) is 16.6 Å². The summed E-state index contributed by atoms with van der Waals surface area (Å²) < 4.78 is 25.7. The van der Waals surface area contributed by atoms with Crippen LogP contribution in [0.5, 0.6) is 0 Å². The van der Waals surface area contributed by atoms with Crippen LogP contribution < -0.4 is 5.32 Å². The molecular formula is C15H21ClN4O2S2. The summed E-state index contributed by atoms with van der Waals surface area (Å²) in [7, 11) is -3.10. The Balaban J connectivity index is 1.58. The van der Waals surface area contributed by atoms with Crippen molar-refractivity contribution in [2.75, 3.05) is 24.7 Å². The predicted molar refractivity (Wildman–Crippen MR) is 98.3 cm³/mol. The monoisotopic (exact) mass is 388 g/mol. The van der Waals surface area contributed by atoms with Crippen LogP contribution in [0, 0.1) is 0 Å². The maximum absolute atomic E-state index is 11.7. The lowest BCUT2D eigenvalue weighted by Gasteiger charge is -2.17. The zero-order chi connectivity index (χ0) is 17.2. The Morgan fingerprint density at radius 1 is 1.42 bits per heavy atom. The summed E-state index contributed by atoms with van der Waals surface area (Å²) in [5.41, 5.74) is 1.07. The molecule has 2 aromatic rings. The number of sulfonamides is 1. The third-order valence-corrected chi connectivity index (χ3v) is 6.80. The van der Waals surface area contributed by atoms with E-state index in [4.69, 9.17) is 11.6 Å². The Hall–Kier alpha value is -1.09. The molecule has 3 rings (SSSR count). The second kappa shape index (κ2) is 7.43. The number of nitrogens with one attached hydrogen (secondary N) is 2. The Labute approximate surface area is 151 Å². The first-order valence-corrected chi connectivity index (χ1v) is 10.9. The standard InChI is InChI=1S/C15H21ClN4O2S2/c1-24(21,22)20-7-2-3-11(6-8-20)13-9-15(19-18-13)17-10-12-4-5-14(16)23-12/h4-5,9,11H,2-3,6-8,10H2,1H3,(H2,17,18,19). The Bertz CT molecular complexity index is 787. The molecule has 132 valence electrons. The van der Waals surface area contributed by atoms with Crippen molar-refractivity contribution in [1.29, 1.82) is 0 Å². The van der Waals surface area contributed by atoms with Gasteiger partial charge in [0, 0.05) is 35.6 Å². The van der Waals surface area contributed by atoms with Crippen LogP contribution in [0.15, 0.2) is 18.2 Å². The molecule has 0 saturated carbocycles. The number of nitrogens with zero attached hydrogens (tertiary/aromatic N) is 2. The van der Waals surface area contributed by atoms with Crippen LogP contribution in [0.1, 0.15) is 35.8 Å². The molecular weight excluding hydrogens is 368 g/mol. The normalized spacial score (nSPS) is 20.0. The van der Waals surface area contributed by atoms with E-state index in [-0.39, 0.29) is 0 Å². The molecule has 2 aromatic heterocycles. The van der Waals surface area contributed by atoms with Gasteiger partial charge in [0.25, 0.3) is 0 Å². The SMILES string of the molecule is CS(=O)(=O)N1CCCC(c2cc(NCc3ccc(Cl)s3)n[nH]2)CC1. The minimum Gasteiger partial charge on any atom is -0.364 e. The van der Waals surface area contributed by atoms with Gasteiger partial charge in [-0.25, -0.2) is 12.7 Å². The zero-order valence-corrected chi connectivity index (χ0v) is 15.8. The van der Waals surface area contributed by atoms with Crippen molar-refractivity contribution >= 4 is 38.8 Å². The number of H-pyrrole nitrogens is 1. The number of thiophene rings is 1. The minimum absolute atomic E-state index is 0.316. The molecule has 1 fully saturated rings. The van der Waals surface area contributed by atoms with Crippen LogP contribution >= 0.6 is 22.9 Å². The van der Waals surface area contributed by atoms with E-state index in [1.807, 2.05) is 18.2 Å². The third-order valence-electron chi connectivity index (χ3n) is 4.27. The van der Waals surface area contributed by atoms with Crippen LogP contribution in [0.4, 0.5) is 5.82 Å². The smallest absolute Gasteiger partial charge is 0.211 e. The summed E-state index contributed by atoms with van der Waals surface area (Å²) in [5.74, 6) is 1.12. The second-order valence-corrected chi connectivity index (χ2v) is 9.84. The molecule has 6 nitrogen and oxygen atoms in total. The molecule has 0 aromatic carbocycles. The molecule has 2 N–H and O–H groups in total. The van der Waals surface area contributed by atoms with E-state index in [0.717, 1.165) is 40.0 Å². The molecule has 1 unspecified atom stereocenters. The van der Waals surface area contributed by atoms with Gasteiger partial charge in [-0.05, 0) is 31.4 Å². The molecule has 1 atom stereocenters. The highest BCUT2D eigenvalue weighted by atomic mass is 35.5. The van der Waals surface area contributed by atoms with Crippen molar-refractivity contribution in [1.82, 2.24) is 14.5 Å². The second-order valence-electron chi connectivity index (χ2n) is 6.06. The van der Waals surface area contributed by atoms with Crippen molar-refractivity contribution in [2.24, 2.45) is 0 Å². The molecule has 1 aliphatic rings. The van der Waals surface area contributed by atoms with Gasteiger partial charge in [0.15, 0.2) is 0 Å². The lowest BCUT2D eigenvalue weighted by Crippen LogP contribution is -2.30. The van der Waals surface area contributed by atoms with Gasteiger partial charge < -0.3 is 5.32 Å². The topological polar surface area (TPSA) is 78.1 Å². The average molecular weight is 389 g/mol. The number of anilines is 1. The fourth-order valence-corrected chi connectivity index (χ4v) is 4.90. The molecule has 24 heavy (non-hydrogen) atoms. The van der Waals surface area contributed by atoms with Crippen LogP contribution in [0.25, 0.3) is 0 Å². The minimum atomic E-state index is -3.10. The van der Waals surface area contributed by atoms with E-state index in [1.54, 1.807) is 15.6 Å². The van der Waals surface area contributed by atoms with E-state index in [1.165, 1.54) is 6.26 Å². The van der Waals surface area contributed by atoms with Gasteiger partial charge in [-0.2, -0.15) is 5.10 Å². The quantitative estimate of drug-likeness (QED) is 0.823. The summed E-state index contributed by atoms with van der Waals surface area (Å²) in [5, 5.41) is 10.7. The highest BCUT2D eigenvalue weighted by Crippen LogP contribution is 2.29. The first-order valence-electron chi connectivity index (χ1n) is 7.90. The van der Waals surface area contributed by atoms with E-state index in [2.05, 4.69) is 15.5 Å². The number of hydrogen-bond donors (Lipinski definition) is 2. The number of aromatic nitrogens is 2. The van der Waals surface area contributed by atoms with E-state index >= 15 is 0 Å². The summed E-state index contributed by atoms with van der Waals surface area (Å²) >= 11 is 7.48. The summed E-state index contributed by atoms with van der Waals surface area (Å²) in [4.78, 5) is 1.16. The van der Waals surface area contributed by atoms with Crippen molar-refractivity contribution in [3.8, 4) is 0 Å². The van der Waals surface area contributed by atoms with E-state index in [0.29, 0.717) is 25.6 Å². The van der Waals surface area contributed by atoms with E-state index < -0.39 is 10.0 Å². The summed E-state index contributed by atoms with van der Waals surface area (Å²) in [6.45, 7) is 1.86. The molecule has 0 bridgehead atoms. The number of aromatic amines is 1. The van der Waals surface area contributed by atoms with Gasteiger partial charge >= 0.3 is 0 Å². The molecule has 3 heterocycles. The first kappa shape index (κ1) is 17.7. The van der Waals surface area contributed by atoms with Crippen LogP contribution in [-0.4, -0.2) is 42.3 Å². The first-order chi connectivity index (χ1) is 11.4. The third kappa shape index (κ3) is 4.50. The van der Waals surface area contributed by atoms with Gasteiger partial charge in [0.1, 0.15) is 5.82 Å². The molecule has 0 spiro atoms. The van der Waals surface area contributed by atoms with Gasteiger partial charge in [-0.3, -0.25) is 5.10 Å². The van der Waals surface area contributed by atoms with Gasteiger partial charge in [0.05, 0.1) is 17.1 Å². The fraction of sp³-hybridized carbons (Fsp3) is 0.533. The van der Waals surface area contributed by atoms with Gasteiger partial charge in [-0.1, -0.05) is 11.6 Å². The van der Waals surface area contributed by atoms with Crippen molar-refractivity contribution in [2.45, 2.75) is 31.7 Å². The largest absolute Gasteiger partial charge is 0.364 e. The Kier molecular flexibility index (Phi) is 5.49. The highest BCUT2D eigenvalue weighted by molar-refractivity contribution is 7.88. The predicted octanol–water partition coefficient (Wildman–Crippen LogP) is 3.27. The molecule has 0 amide bonds. The fourth-order valence-electron chi connectivity index (χ4n) is 2.97. The summed E-state index contributed by atoms with van der Waals surface area (Å²) in [6.07, 6.45) is 3.93. The maximum atomic E-state index is 11.7. The van der Waals surface area contributed by atoms with Crippen LogP contribution in [0.3, 0.4) is 0 Å². The molecule has 0 aliphatic carbocycles. The number of hydrogen-bond acceptors (Lipinski definition) is 5. The Morgan fingerprint density at radius 2 is 2.25 bits per heavy atom. The lowest BCUT2D eigenvalue weighted by molar-refractivity contribution is 0.425. The molecule has 0 radical (unpaired) electrons. The lowest BCUT2D eigenvalue weighted by atomic mass is 9.97. The molecule has 1 aliphatic heterocycles.